The summed E-state index contributed by atoms with van der Waals surface area (Å²) in [5.41, 5.74) is 3.43. The molecule has 0 amide bonds. The zero-order valence-electron chi connectivity index (χ0n) is 20.8. The van der Waals surface area contributed by atoms with Crippen LogP contribution in [0.25, 0.3) is 22.2 Å². The lowest BCUT2D eigenvalue weighted by Gasteiger charge is -2.31. The van der Waals surface area contributed by atoms with Crippen LogP contribution in [0.15, 0.2) is 83.8 Å². The third-order valence-corrected chi connectivity index (χ3v) is 8.33. The third-order valence-electron chi connectivity index (χ3n) is 6.60. The molecule has 0 bridgehead atoms. The third kappa shape index (κ3) is 5.07. The molecule has 7 heteroatoms. The summed E-state index contributed by atoms with van der Waals surface area (Å²) in [6, 6.07) is 23.7. The largest absolute Gasteiger partial charge is 0.390 e. The zero-order valence-corrected chi connectivity index (χ0v) is 21.6. The number of para-hydroxylation sites is 1. The number of aromatic nitrogens is 1. The lowest BCUT2D eigenvalue weighted by molar-refractivity contribution is -0.211. The molecule has 1 saturated heterocycles. The van der Waals surface area contributed by atoms with Crippen LogP contribution in [-0.2, 0) is 19.5 Å². The van der Waals surface area contributed by atoms with E-state index in [1.54, 1.807) is 30.3 Å². The fourth-order valence-corrected chi connectivity index (χ4v) is 6.13. The van der Waals surface area contributed by atoms with Crippen LogP contribution in [0.1, 0.15) is 30.9 Å². The quantitative estimate of drug-likeness (QED) is 0.374. The monoisotopic (exact) mass is 515 g/mol. The van der Waals surface area contributed by atoms with Gasteiger partial charge in [-0.1, -0.05) is 78.1 Å². The first-order chi connectivity index (χ1) is 17.9. The average molecular weight is 516 g/mol. The Morgan fingerprint density at radius 1 is 1.00 bits per heavy atom. The summed E-state index contributed by atoms with van der Waals surface area (Å²) >= 11 is 0. The second kappa shape index (κ2) is 10.5. The van der Waals surface area contributed by atoms with Crippen molar-refractivity contribution in [1.82, 2.24) is 3.97 Å². The van der Waals surface area contributed by atoms with Gasteiger partial charge in [-0.3, -0.25) is 0 Å². The van der Waals surface area contributed by atoms with Gasteiger partial charge in [0.2, 0.25) is 0 Å². The first-order valence-corrected chi connectivity index (χ1v) is 13.8. The van der Waals surface area contributed by atoms with Gasteiger partial charge in [0.05, 0.1) is 33.9 Å². The van der Waals surface area contributed by atoms with Gasteiger partial charge in [0.25, 0.3) is 10.0 Å². The number of aryl methyl sites for hydroxylation is 1. The smallest absolute Gasteiger partial charge is 0.268 e. The molecule has 1 fully saturated rings. The Morgan fingerprint density at radius 3 is 2.43 bits per heavy atom. The maximum Gasteiger partial charge on any atom is 0.268 e. The molecule has 0 spiro atoms. The number of aliphatic hydroxyl groups is 1. The summed E-state index contributed by atoms with van der Waals surface area (Å²) in [5.74, 6) is 6.27. The highest BCUT2D eigenvalue weighted by Crippen LogP contribution is 2.36. The molecule has 190 valence electrons. The summed E-state index contributed by atoms with van der Waals surface area (Å²) in [4.78, 5) is 0.213. The lowest BCUT2D eigenvalue weighted by atomic mass is 10.1. The van der Waals surface area contributed by atoms with Crippen LogP contribution in [0.3, 0.4) is 0 Å². The fourth-order valence-electron chi connectivity index (χ4n) is 4.58. The summed E-state index contributed by atoms with van der Waals surface area (Å²) in [6.07, 6.45) is 0.00470. The topological polar surface area (TPSA) is 77.8 Å². The van der Waals surface area contributed by atoms with Crippen molar-refractivity contribution < 1.29 is 23.0 Å². The first kappa shape index (κ1) is 25.2. The van der Waals surface area contributed by atoms with E-state index in [0.717, 1.165) is 16.5 Å². The van der Waals surface area contributed by atoms with Crippen molar-refractivity contribution in [1.29, 1.82) is 0 Å². The maximum absolute atomic E-state index is 14.0. The molecule has 1 aliphatic rings. The van der Waals surface area contributed by atoms with Crippen LogP contribution < -0.4 is 0 Å². The average Bonchev–Trinajstić information content (AvgIpc) is 3.24. The van der Waals surface area contributed by atoms with Gasteiger partial charge < -0.3 is 14.6 Å². The standard InChI is InChI=1S/C30H29NO5S/c1-21-14-16-24(17-15-21)37(33,34)31-27-13-7-6-11-25(27)26(30(31)23-9-4-3-5-10-23)12-8-20-35-29-19-18-28(32)22(2)36-29/h3-7,9-11,13-17,22,28-29,32H,18-20H2,1-2H3/t22-,28+,29+/m0/s1. The van der Waals surface area contributed by atoms with Gasteiger partial charge in [-0.15, -0.1) is 0 Å². The highest BCUT2D eigenvalue weighted by molar-refractivity contribution is 7.90. The lowest BCUT2D eigenvalue weighted by Crippen LogP contribution is -2.37. The van der Waals surface area contributed by atoms with E-state index in [1.807, 2.05) is 62.4 Å². The molecule has 0 unspecified atom stereocenters. The molecule has 37 heavy (non-hydrogen) atoms. The van der Waals surface area contributed by atoms with Crippen LogP contribution in [0, 0.1) is 18.8 Å². The molecule has 3 atom stereocenters. The number of rotatable bonds is 5. The minimum absolute atomic E-state index is 0.117. The van der Waals surface area contributed by atoms with Crippen LogP contribution >= 0.6 is 0 Å². The number of benzene rings is 3. The Hall–Kier alpha value is -3.41. The van der Waals surface area contributed by atoms with E-state index in [9.17, 15) is 13.5 Å². The van der Waals surface area contributed by atoms with Crippen molar-refractivity contribution >= 4 is 20.9 Å². The molecular weight excluding hydrogens is 486 g/mol. The highest BCUT2D eigenvalue weighted by Gasteiger charge is 2.28. The van der Waals surface area contributed by atoms with Gasteiger partial charge in [-0.2, -0.15) is 0 Å². The zero-order chi connectivity index (χ0) is 26.0. The predicted octanol–water partition coefficient (Wildman–Crippen LogP) is 5.11. The second-order valence-corrected chi connectivity index (χ2v) is 11.0. The second-order valence-electron chi connectivity index (χ2n) is 9.22. The molecule has 2 heterocycles. The van der Waals surface area contributed by atoms with Gasteiger partial charge in [0, 0.05) is 17.4 Å². The Morgan fingerprint density at radius 2 is 1.70 bits per heavy atom. The van der Waals surface area contributed by atoms with Crippen LogP contribution in [-0.4, -0.2) is 42.6 Å². The van der Waals surface area contributed by atoms with E-state index >= 15 is 0 Å². The van der Waals surface area contributed by atoms with Gasteiger partial charge >= 0.3 is 0 Å². The molecule has 6 nitrogen and oxygen atoms in total. The van der Waals surface area contributed by atoms with Crippen molar-refractivity contribution in [3.63, 3.8) is 0 Å². The fraction of sp³-hybridized carbons (Fsp3) is 0.267. The molecule has 1 aromatic heterocycles. The summed E-state index contributed by atoms with van der Waals surface area (Å²) < 4.78 is 40.9. The van der Waals surface area contributed by atoms with Crippen molar-refractivity contribution in [3.8, 4) is 23.1 Å². The Balaban J connectivity index is 1.61. The van der Waals surface area contributed by atoms with Crippen molar-refractivity contribution in [2.24, 2.45) is 0 Å². The molecule has 1 aliphatic heterocycles. The molecule has 0 saturated carbocycles. The summed E-state index contributed by atoms with van der Waals surface area (Å²) in [6.45, 7) is 3.86. The van der Waals surface area contributed by atoms with Gasteiger partial charge in [-0.25, -0.2) is 12.4 Å². The van der Waals surface area contributed by atoms with Crippen LogP contribution in [0.4, 0.5) is 0 Å². The Labute approximate surface area is 217 Å². The SMILES string of the molecule is Cc1ccc(S(=O)(=O)n2c(-c3ccccc3)c(C#CCO[C@H]3CC[C@@H](O)[C@H](C)O3)c3ccccc32)cc1. The number of hydrogen-bond acceptors (Lipinski definition) is 5. The molecule has 0 radical (unpaired) electrons. The van der Waals surface area contributed by atoms with Crippen molar-refractivity contribution in [2.75, 3.05) is 6.61 Å². The molecule has 3 aromatic carbocycles. The summed E-state index contributed by atoms with van der Waals surface area (Å²) in [5, 5.41) is 10.6. The molecule has 5 rings (SSSR count). The van der Waals surface area contributed by atoms with Gasteiger partial charge in [0.15, 0.2) is 6.29 Å². The Kier molecular flexibility index (Phi) is 7.18. The number of hydrogen-bond donors (Lipinski definition) is 1. The predicted molar refractivity (Wildman–Crippen MR) is 144 cm³/mol. The van der Waals surface area contributed by atoms with E-state index < -0.39 is 22.4 Å². The van der Waals surface area contributed by atoms with Gasteiger partial charge in [-0.05, 0) is 38.5 Å². The summed E-state index contributed by atoms with van der Waals surface area (Å²) in [7, 11) is -3.93. The number of nitrogens with zero attached hydrogens (tertiary/aromatic N) is 1. The number of fused-ring (bicyclic) bond motifs is 1. The van der Waals surface area contributed by atoms with E-state index in [-0.39, 0.29) is 17.6 Å². The highest BCUT2D eigenvalue weighted by atomic mass is 32.2. The minimum Gasteiger partial charge on any atom is -0.390 e. The normalized spacial score (nSPS) is 19.9. The Bertz CT molecular complexity index is 1560. The number of aliphatic hydroxyl groups excluding tert-OH is 1. The number of ether oxygens (including phenoxy) is 2. The van der Waals surface area contributed by atoms with Crippen molar-refractivity contribution in [3.05, 3.63) is 90.0 Å². The van der Waals surface area contributed by atoms with Gasteiger partial charge in [0.1, 0.15) is 6.61 Å². The maximum atomic E-state index is 14.0. The molecule has 4 aromatic rings. The molecular formula is C30H29NO5S. The molecule has 0 aliphatic carbocycles. The van der Waals surface area contributed by atoms with Crippen LogP contribution in [0.2, 0.25) is 0 Å². The first-order valence-electron chi connectivity index (χ1n) is 12.3. The van der Waals surface area contributed by atoms with E-state index in [0.29, 0.717) is 29.6 Å². The van der Waals surface area contributed by atoms with E-state index in [1.165, 1.54) is 3.97 Å². The van der Waals surface area contributed by atoms with E-state index in [4.69, 9.17) is 9.47 Å². The van der Waals surface area contributed by atoms with E-state index in [2.05, 4.69) is 11.8 Å². The van der Waals surface area contributed by atoms with Crippen LogP contribution in [0.5, 0.6) is 0 Å². The molecule has 1 N–H and O–H groups in total. The van der Waals surface area contributed by atoms with Crippen molar-refractivity contribution in [2.45, 2.75) is 50.1 Å². The minimum atomic E-state index is -3.93.